The summed E-state index contributed by atoms with van der Waals surface area (Å²) in [6, 6.07) is 0. The monoisotopic (exact) mass is 134 g/mol. The van der Waals surface area contributed by atoms with Crippen LogP contribution in [0.25, 0.3) is 0 Å². The van der Waals surface area contributed by atoms with Gasteiger partial charge >= 0.3 is 0 Å². The van der Waals surface area contributed by atoms with Crippen molar-refractivity contribution in [3.8, 4) is 0 Å². The molecule has 1 aliphatic rings. The Morgan fingerprint density at radius 2 is 2.11 bits per heavy atom. The molecule has 0 atom stereocenters. The number of rotatable bonds is 1. The average molecular weight is 134 g/mol. The van der Waals surface area contributed by atoms with Crippen molar-refractivity contribution in [1.29, 1.82) is 0 Å². The molecule has 1 N–H and O–H groups in total. The molecule has 0 amide bonds. The highest BCUT2D eigenvalue weighted by Crippen LogP contribution is 2.19. The summed E-state index contributed by atoms with van der Waals surface area (Å²) in [5, 5.41) is 9.26. The first-order valence-electron chi connectivity index (χ1n) is 5.00. The number of aliphatic hydroxyl groups excluding tert-OH is 1. The Bertz CT molecular complexity index is 177. The van der Waals surface area contributed by atoms with Gasteiger partial charge in [0.05, 0.1) is 12.2 Å². The van der Waals surface area contributed by atoms with Gasteiger partial charge < -0.3 is 9.84 Å². The molecule has 1 saturated carbocycles. The van der Waals surface area contributed by atoms with E-state index in [1.54, 1.807) is 0 Å². The smallest absolute Gasteiger partial charge is 0.0573 e. The van der Waals surface area contributed by atoms with Crippen LogP contribution in [0, 0.1) is 0 Å². The molecule has 0 bridgehead atoms. The first-order valence-corrected chi connectivity index (χ1v) is 3.00. The molecule has 54 valence electrons. The van der Waals surface area contributed by atoms with Crippen LogP contribution in [0.4, 0.5) is 0 Å². The lowest BCUT2D eigenvalue weighted by atomic mass is 9.95. The third-order valence-electron chi connectivity index (χ3n) is 1.31. The topological polar surface area (TPSA) is 29.5 Å². The fourth-order valence-electron chi connectivity index (χ4n) is 0.797. The van der Waals surface area contributed by atoms with Gasteiger partial charge in [0.1, 0.15) is 0 Å². The predicted molar refractivity (Wildman–Crippen MR) is 35.3 cm³/mol. The molecule has 0 spiro atoms. The minimum Gasteiger partial charge on any atom is -0.393 e. The number of aliphatic hydroxyl groups is 1. The highest BCUT2D eigenvalue weighted by atomic mass is 16.5. The summed E-state index contributed by atoms with van der Waals surface area (Å²) in [5.74, 6) is 0. The zero-order chi connectivity index (χ0) is 10.3. The molecule has 0 aromatic carbocycles. The normalized spacial score (nSPS) is 54.4. The minimum absolute atomic E-state index is 0.0645. The van der Waals surface area contributed by atoms with Crippen LogP contribution < -0.4 is 0 Å². The molecule has 1 rings (SSSR count). The van der Waals surface area contributed by atoms with Crippen LogP contribution in [0.2, 0.25) is 0 Å². The lowest BCUT2D eigenvalue weighted by molar-refractivity contribution is 0.0244. The summed E-state index contributed by atoms with van der Waals surface area (Å²) in [5.41, 5.74) is 0. The van der Waals surface area contributed by atoms with Crippen LogP contribution in [0.3, 0.4) is 0 Å². The molecular formula is C7H14O2. The van der Waals surface area contributed by atoms with E-state index in [2.05, 4.69) is 0 Å². The van der Waals surface area contributed by atoms with Crippen molar-refractivity contribution in [2.45, 2.75) is 37.8 Å². The van der Waals surface area contributed by atoms with Crippen LogP contribution in [0.5, 0.6) is 0 Å². The van der Waals surface area contributed by atoms with Crippen LogP contribution in [0.1, 0.15) is 31.1 Å². The molecule has 0 heterocycles. The molecule has 1 aliphatic carbocycles. The minimum atomic E-state index is -1.80. The van der Waals surface area contributed by atoms with E-state index in [1.807, 2.05) is 0 Å². The summed E-state index contributed by atoms with van der Waals surface area (Å²) in [6.45, 7) is 0. The summed E-state index contributed by atoms with van der Waals surface area (Å²) in [4.78, 5) is 0. The third-order valence-corrected chi connectivity index (χ3v) is 1.31. The Labute approximate surface area is 61.5 Å². The lowest BCUT2D eigenvalue weighted by Crippen LogP contribution is -2.22. The lowest BCUT2D eigenvalue weighted by Gasteiger charge is -2.23. The first-order chi connectivity index (χ1) is 5.79. The van der Waals surface area contributed by atoms with Crippen LogP contribution in [0.15, 0.2) is 0 Å². The van der Waals surface area contributed by atoms with Gasteiger partial charge in [0.15, 0.2) is 0 Å². The van der Waals surface area contributed by atoms with Crippen molar-refractivity contribution in [1.82, 2.24) is 0 Å². The molecule has 0 saturated heterocycles. The third kappa shape index (κ3) is 1.95. The molecule has 9 heavy (non-hydrogen) atoms. The Balaban J connectivity index is 2.88. The summed E-state index contributed by atoms with van der Waals surface area (Å²) < 4.78 is 34.9. The molecule has 2 heteroatoms. The van der Waals surface area contributed by atoms with Gasteiger partial charge in [0.2, 0.25) is 0 Å². The second-order valence-corrected chi connectivity index (χ2v) is 2.09. The van der Waals surface area contributed by atoms with E-state index in [4.69, 9.17) is 10.2 Å². The predicted octanol–water partition coefficient (Wildman–Crippen LogP) is 0.936. The molecule has 0 radical (unpaired) electrons. The van der Waals surface area contributed by atoms with E-state index in [0.29, 0.717) is 0 Å². The second kappa shape index (κ2) is 3.18. The van der Waals surface area contributed by atoms with Gasteiger partial charge in [-0.3, -0.25) is 0 Å². The van der Waals surface area contributed by atoms with Gasteiger partial charge in [-0.25, -0.2) is 0 Å². The van der Waals surface area contributed by atoms with Crippen molar-refractivity contribution in [2.24, 2.45) is 0 Å². The van der Waals surface area contributed by atoms with Gasteiger partial charge in [0.25, 0.3) is 0 Å². The van der Waals surface area contributed by atoms with Crippen molar-refractivity contribution >= 4 is 0 Å². The number of hydrogen-bond acceptors (Lipinski definition) is 2. The maximum atomic E-state index is 9.26. The highest BCUT2D eigenvalue weighted by Gasteiger charge is 2.17. The standard InChI is InChI=1S/C7H14O2/c1-9-7-4-2-6(8)3-5-7/h6-8H,2-5H2,1H3/i4D2,5D2. The Kier molecular flexibility index (Phi) is 1.18. The molecule has 0 aromatic rings. The van der Waals surface area contributed by atoms with E-state index in [0.717, 1.165) is 0 Å². The maximum absolute atomic E-state index is 9.26. The first kappa shape index (κ1) is 3.35. The second-order valence-electron chi connectivity index (χ2n) is 2.09. The fourth-order valence-corrected chi connectivity index (χ4v) is 0.797. The Morgan fingerprint density at radius 3 is 2.56 bits per heavy atom. The van der Waals surface area contributed by atoms with Gasteiger partial charge in [-0.05, 0) is 25.6 Å². The zero-order valence-corrected chi connectivity index (χ0v) is 5.42. The van der Waals surface area contributed by atoms with E-state index in [1.165, 1.54) is 7.11 Å². The van der Waals surface area contributed by atoms with Crippen LogP contribution >= 0.6 is 0 Å². The van der Waals surface area contributed by atoms with Crippen LogP contribution in [-0.4, -0.2) is 24.4 Å². The molecule has 0 unspecified atom stereocenters. The zero-order valence-electron chi connectivity index (χ0n) is 9.42. The molecule has 2 nitrogen and oxygen atoms in total. The maximum Gasteiger partial charge on any atom is 0.0573 e. The Hall–Kier alpha value is -0.0800. The van der Waals surface area contributed by atoms with Gasteiger partial charge in [-0.1, -0.05) is 0 Å². The summed E-state index contributed by atoms with van der Waals surface area (Å²) in [6.07, 6.45) is -5.73. The highest BCUT2D eigenvalue weighted by molar-refractivity contribution is 4.70. The largest absolute Gasteiger partial charge is 0.393 e. The van der Waals surface area contributed by atoms with E-state index >= 15 is 0 Å². The molecule has 0 aromatic heterocycles. The van der Waals surface area contributed by atoms with Crippen LogP contribution in [-0.2, 0) is 4.74 Å². The summed E-state index contributed by atoms with van der Waals surface area (Å²) in [7, 11) is 1.29. The molecule has 1 fully saturated rings. The fraction of sp³-hybridized carbons (Fsp3) is 1.00. The van der Waals surface area contributed by atoms with E-state index in [9.17, 15) is 5.11 Å². The van der Waals surface area contributed by atoms with Gasteiger partial charge in [-0.15, -0.1) is 0 Å². The molecular weight excluding hydrogens is 116 g/mol. The van der Waals surface area contributed by atoms with Crippen molar-refractivity contribution in [2.75, 3.05) is 7.11 Å². The van der Waals surface area contributed by atoms with Gasteiger partial charge in [-0.2, -0.15) is 0 Å². The molecule has 0 aliphatic heterocycles. The van der Waals surface area contributed by atoms with E-state index < -0.39 is 25.0 Å². The quantitative estimate of drug-likeness (QED) is 0.578. The van der Waals surface area contributed by atoms with Crippen molar-refractivity contribution in [3.63, 3.8) is 0 Å². The summed E-state index contributed by atoms with van der Waals surface area (Å²) >= 11 is 0. The van der Waals surface area contributed by atoms with Crippen molar-refractivity contribution < 1.29 is 15.3 Å². The Morgan fingerprint density at radius 1 is 1.56 bits per heavy atom. The number of hydrogen-bond donors (Lipinski definition) is 1. The number of methoxy groups -OCH3 is 1. The van der Waals surface area contributed by atoms with Crippen molar-refractivity contribution in [3.05, 3.63) is 0 Å². The SMILES string of the molecule is [2H]C1([2H])CC(O)CC([2H])([2H])C1OC. The van der Waals surface area contributed by atoms with E-state index in [-0.39, 0.29) is 12.8 Å². The number of ether oxygens (including phenoxy) is 1. The average Bonchev–Trinajstić information content (AvgIpc) is 1.79. The van der Waals surface area contributed by atoms with Gasteiger partial charge in [0, 0.05) is 12.6 Å².